The molecule has 0 bridgehead atoms. The van der Waals surface area contributed by atoms with Crippen LogP contribution < -0.4 is 5.73 Å². The van der Waals surface area contributed by atoms with E-state index >= 15 is 0 Å². The van der Waals surface area contributed by atoms with Crippen molar-refractivity contribution < 1.29 is 0 Å². The van der Waals surface area contributed by atoms with Gasteiger partial charge < -0.3 is 10.7 Å². The van der Waals surface area contributed by atoms with Crippen molar-refractivity contribution in [3.8, 4) is 11.3 Å². The Morgan fingerprint density at radius 2 is 1.96 bits per heavy atom. The van der Waals surface area contributed by atoms with Gasteiger partial charge in [-0.3, -0.25) is 4.98 Å². The first-order valence-corrected chi connectivity index (χ1v) is 10.4. The Kier molecular flexibility index (Phi) is 5.28. The second-order valence-corrected chi connectivity index (χ2v) is 7.81. The van der Waals surface area contributed by atoms with Gasteiger partial charge in [0.25, 0.3) is 0 Å². The largest absolute Gasteiger partial charge is 0.354 e. The standard InChI is InChI=1S/C23H24BrN3/c1-2-15-8-11-21-19(14-15)16(6-3-4-12-25)23(27-21)18-9-10-20(24)17-7-5-13-26-22(17)18/h5,7-11,13-14,27H,2-4,6,12,25H2,1H3. The van der Waals surface area contributed by atoms with Gasteiger partial charge in [0.05, 0.1) is 11.2 Å². The van der Waals surface area contributed by atoms with Gasteiger partial charge in [-0.15, -0.1) is 0 Å². The molecule has 0 aliphatic rings. The van der Waals surface area contributed by atoms with Crippen molar-refractivity contribution >= 4 is 37.7 Å². The summed E-state index contributed by atoms with van der Waals surface area (Å²) in [6.45, 7) is 2.94. The van der Waals surface area contributed by atoms with E-state index < -0.39 is 0 Å². The fourth-order valence-corrected chi connectivity index (χ4v) is 4.24. The first kappa shape index (κ1) is 18.2. The summed E-state index contributed by atoms with van der Waals surface area (Å²) in [6, 6.07) is 15.1. The second-order valence-electron chi connectivity index (χ2n) is 6.95. The highest BCUT2D eigenvalue weighted by Gasteiger charge is 2.16. The number of nitrogens with zero attached hydrogens (tertiary/aromatic N) is 1. The number of nitrogens with two attached hydrogens (primary N) is 1. The number of hydrogen-bond donors (Lipinski definition) is 2. The van der Waals surface area contributed by atoms with Gasteiger partial charge in [0, 0.05) is 32.5 Å². The van der Waals surface area contributed by atoms with Gasteiger partial charge in [0.1, 0.15) is 0 Å². The number of rotatable bonds is 6. The number of aryl methyl sites for hydroxylation is 2. The minimum atomic E-state index is 0.737. The summed E-state index contributed by atoms with van der Waals surface area (Å²) in [5.74, 6) is 0. The van der Waals surface area contributed by atoms with Crippen molar-refractivity contribution in [2.45, 2.75) is 32.6 Å². The molecule has 0 radical (unpaired) electrons. The number of hydrogen-bond acceptors (Lipinski definition) is 2. The molecule has 3 nitrogen and oxygen atoms in total. The van der Waals surface area contributed by atoms with Gasteiger partial charge in [-0.25, -0.2) is 0 Å². The van der Waals surface area contributed by atoms with E-state index in [1.165, 1.54) is 27.7 Å². The highest BCUT2D eigenvalue weighted by molar-refractivity contribution is 9.10. The summed E-state index contributed by atoms with van der Waals surface area (Å²) in [4.78, 5) is 8.37. The molecule has 0 spiro atoms. The molecule has 138 valence electrons. The molecule has 27 heavy (non-hydrogen) atoms. The molecule has 0 saturated heterocycles. The summed E-state index contributed by atoms with van der Waals surface area (Å²) in [6.07, 6.45) is 6.06. The third-order valence-electron chi connectivity index (χ3n) is 5.25. The molecule has 0 amide bonds. The molecule has 2 heterocycles. The first-order valence-electron chi connectivity index (χ1n) is 9.60. The van der Waals surface area contributed by atoms with Crippen LogP contribution in [-0.2, 0) is 12.8 Å². The van der Waals surface area contributed by atoms with Gasteiger partial charge in [-0.05, 0) is 73.7 Å². The Labute approximate surface area is 168 Å². The Balaban J connectivity index is 1.96. The number of H-pyrrole nitrogens is 1. The number of aromatic nitrogens is 2. The molecule has 2 aromatic heterocycles. The molecule has 3 N–H and O–H groups in total. The molecule has 0 atom stereocenters. The Morgan fingerprint density at radius 1 is 1.07 bits per heavy atom. The van der Waals surface area contributed by atoms with E-state index in [9.17, 15) is 0 Å². The lowest BCUT2D eigenvalue weighted by molar-refractivity contribution is 0.748. The molecule has 4 aromatic rings. The number of aromatic amines is 1. The minimum absolute atomic E-state index is 0.737. The smallest absolute Gasteiger partial charge is 0.0806 e. The maximum absolute atomic E-state index is 5.74. The lowest BCUT2D eigenvalue weighted by Gasteiger charge is -2.09. The Morgan fingerprint density at radius 3 is 2.78 bits per heavy atom. The predicted octanol–water partition coefficient (Wildman–Crippen LogP) is 5.99. The Bertz CT molecular complexity index is 1100. The molecule has 0 saturated carbocycles. The summed E-state index contributed by atoms with van der Waals surface area (Å²) < 4.78 is 1.07. The number of unbranched alkanes of at least 4 members (excludes halogenated alkanes) is 1. The number of halogens is 1. The highest BCUT2D eigenvalue weighted by atomic mass is 79.9. The van der Waals surface area contributed by atoms with Crippen molar-refractivity contribution in [2.75, 3.05) is 6.54 Å². The van der Waals surface area contributed by atoms with E-state index in [0.717, 1.165) is 53.2 Å². The second kappa shape index (κ2) is 7.83. The quantitative estimate of drug-likeness (QED) is 0.375. The minimum Gasteiger partial charge on any atom is -0.354 e. The SMILES string of the molecule is CCc1ccc2[nH]c(-c3ccc(Br)c4cccnc34)c(CCCCN)c2c1. The van der Waals surface area contributed by atoms with Crippen molar-refractivity contribution in [1.82, 2.24) is 9.97 Å². The summed E-state index contributed by atoms with van der Waals surface area (Å²) in [5.41, 5.74) is 13.0. The third kappa shape index (κ3) is 3.40. The van der Waals surface area contributed by atoms with Gasteiger partial charge in [0.15, 0.2) is 0 Å². The first-order chi connectivity index (χ1) is 13.2. The van der Waals surface area contributed by atoms with Crippen LogP contribution in [0, 0.1) is 0 Å². The normalized spacial score (nSPS) is 11.5. The van der Waals surface area contributed by atoms with Crippen LogP contribution in [-0.4, -0.2) is 16.5 Å². The maximum Gasteiger partial charge on any atom is 0.0806 e. The fraction of sp³-hybridized carbons (Fsp3) is 0.261. The average Bonchev–Trinajstić information content (AvgIpc) is 3.06. The topological polar surface area (TPSA) is 54.7 Å². The summed E-state index contributed by atoms with van der Waals surface area (Å²) >= 11 is 3.66. The molecule has 0 unspecified atom stereocenters. The monoisotopic (exact) mass is 421 g/mol. The fourth-order valence-electron chi connectivity index (χ4n) is 3.79. The zero-order valence-electron chi connectivity index (χ0n) is 15.6. The molecule has 0 aliphatic heterocycles. The van der Waals surface area contributed by atoms with Crippen LogP contribution in [0.2, 0.25) is 0 Å². The maximum atomic E-state index is 5.74. The van der Waals surface area contributed by atoms with E-state index in [4.69, 9.17) is 5.73 Å². The van der Waals surface area contributed by atoms with Gasteiger partial charge >= 0.3 is 0 Å². The molecule has 4 heteroatoms. The molecule has 4 rings (SSSR count). The van der Waals surface area contributed by atoms with E-state index in [1.54, 1.807) is 0 Å². The van der Waals surface area contributed by atoms with E-state index in [2.05, 4.69) is 69.2 Å². The van der Waals surface area contributed by atoms with Crippen LogP contribution in [0.5, 0.6) is 0 Å². The number of fused-ring (bicyclic) bond motifs is 2. The van der Waals surface area contributed by atoms with Crippen LogP contribution in [0.3, 0.4) is 0 Å². The average molecular weight is 422 g/mol. The number of benzene rings is 2. The lowest BCUT2D eigenvalue weighted by Crippen LogP contribution is -1.99. The molecule has 2 aromatic carbocycles. The summed E-state index contributed by atoms with van der Waals surface area (Å²) in [5, 5.41) is 2.46. The number of pyridine rings is 1. The lowest BCUT2D eigenvalue weighted by atomic mass is 9.97. The molecule has 0 fully saturated rings. The van der Waals surface area contributed by atoms with Crippen LogP contribution in [0.25, 0.3) is 33.1 Å². The van der Waals surface area contributed by atoms with E-state index in [0.29, 0.717) is 0 Å². The van der Waals surface area contributed by atoms with Crippen LogP contribution in [0.1, 0.15) is 30.9 Å². The van der Waals surface area contributed by atoms with E-state index in [1.807, 2.05) is 12.3 Å². The molecular formula is C23H24BrN3. The zero-order chi connectivity index (χ0) is 18.8. The molecule has 0 aliphatic carbocycles. The van der Waals surface area contributed by atoms with Crippen molar-refractivity contribution in [3.05, 3.63) is 64.3 Å². The number of nitrogens with one attached hydrogen (secondary N) is 1. The van der Waals surface area contributed by atoms with Crippen molar-refractivity contribution in [2.24, 2.45) is 5.73 Å². The van der Waals surface area contributed by atoms with E-state index in [-0.39, 0.29) is 0 Å². The van der Waals surface area contributed by atoms with Crippen LogP contribution >= 0.6 is 15.9 Å². The molecular weight excluding hydrogens is 398 g/mol. The van der Waals surface area contributed by atoms with Crippen LogP contribution in [0.4, 0.5) is 0 Å². The third-order valence-corrected chi connectivity index (χ3v) is 5.94. The van der Waals surface area contributed by atoms with Gasteiger partial charge in [-0.2, -0.15) is 0 Å². The van der Waals surface area contributed by atoms with Gasteiger partial charge in [0.2, 0.25) is 0 Å². The van der Waals surface area contributed by atoms with Crippen LogP contribution in [0.15, 0.2) is 53.1 Å². The van der Waals surface area contributed by atoms with Gasteiger partial charge in [-0.1, -0.05) is 35.0 Å². The zero-order valence-corrected chi connectivity index (χ0v) is 17.1. The highest BCUT2D eigenvalue weighted by Crippen LogP contribution is 2.37. The van der Waals surface area contributed by atoms with Crippen molar-refractivity contribution in [1.29, 1.82) is 0 Å². The predicted molar refractivity (Wildman–Crippen MR) is 118 cm³/mol. The summed E-state index contributed by atoms with van der Waals surface area (Å²) in [7, 11) is 0. The Hall–Kier alpha value is -2.17. The van der Waals surface area contributed by atoms with Crippen molar-refractivity contribution in [3.63, 3.8) is 0 Å².